The van der Waals surface area contributed by atoms with Gasteiger partial charge in [0.15, 0.2) is 0 Å². The zero-order valence-electron chi connectivity index (χ0n) is 11.7. The smallest absolute Gasteiger partial charge is 0.320 e. The lowest BCUT2D eigenvalue weighted by Gasteiger charge is -2.01. The fraction of sp³-hybridized carbons (Fsp3) is 0.375. The van der Waals surface area contributed by atoms with Gasteiger partial charge in [-0.1, -0.05) is 36.4 Å². The van der Waals surface area contributed by atoms with Gasteiger partial charge >= 0.3 is 5.97 Å². The van der Waals surface area contributed by atoms with E-state index in [1.807, 2.05) is 6.92 Å². The van der Waals surface area contributed by atoms with Crippen LogP contribution in [0, 0.1) is 11.3 Å². The largest absolute Gasteiger partial charge is 0.462 e. The average molecular weight is 273 g/mol. The molecule has 0 radical (unpaired) electrons. The molecule has 0 atom stereocenters. The zero-order chi connectivity index (χ0) is 14.6. The van der Waals surface area contributed by atoms with E-state index in [4.69, 9.17) is 10.00 Å². The fourth-order valence-corrected chi connectivity index (χ4v) is 1.67. The molecule has 0 amide bonds. The Kier molecular flexibility index (Phi) is 7.78. The van der Waals surface area contributed by atoms with E-state index in [-0.39, 0.29) is 13.0 Å². The van der Waals surface area contributed by atoms with Gasteiger partial charge in [-0.2, -0.15) is 5.26 Å². The van der Waals surface area contributed by atoms with Crippen molar-refractivity contribution in [2.75, 3.05) is 19.8 Å². The molecule has 0 bridgehead atoms. The minimum Gasteiger partial charge on any atom is -0.462 e. The van der Waals surface area contributed by atoms with Gasteiger partial charge in [0, 0.05) is 6.61 Å². The van der Waals surface area contributed by atoms with Crippen LogP contribution in [0.1, 0.15) is 24.5 Å². The van der Waals surface area contributed by atoms with Crippen molar-refractivity contribution in [3.8, 4) is 6.07 Å². The number of nitrogens with zero attached hydrogens (tertiary/aromatic N) is 1. The highest BCUT2D eigenvalue weighted by Gasteiger charge is 2.00. The molecule has 0 fully saturated rings. The molecule has 1 aromatic rings. The summed E-state index contributed by atoms with van der Waals surface area (Å²) in [6.45, 7) is 3.09. The van der Waals surface area contributed by atoms with Crippen molar-refractivity contribution < 1.29 is 14.3 Å². The first-order chi connectivity index (χ1) is 9.77. The van der Waals surface area contributed by atoms with Crippen LogP contribution in [0.3, 0.4) is 0 Å². The molecule has 4 nitrogen and oxygen atoms in total. The van der Waals surface area contributed by atoms with Gasteiger partial charge in [0.2, 0.25) is 0 Å². The first kappa shape index (κ1) is 15.9. The van der Waals surface area contributed by atoms with Crippen molar-refractivity contribution in [3.63, 3.8) is 0 Å². The molecule has 1 aliphatic rings. The minimum absolute atomic E-state index is 0.188. The quantitative estimate of drug-likeness (QED) is 0.611. The number of allylic oxidation sites excluding steroid dienone is 1. The molecule has 4 heteroatoms. The number of hydrogen-bond acceptors (Lipinski definition) is 4. The Balaban J connectivity index is 0.000000202. The molecule has 0 aromatic heterocycles. The van der Waals surface area contributed by atoms with Crippen LogP contribution < -0.4 is 0 Å². The number of ether oxygens (including phenoxy) is 2. The fourth-order valence-electron chi connectivity index (χ4n) is 1.67. The summed E-state index contributed by atoms with van der Waals surface area (Å²) in [6, 6.07) is 10.2. The maximum atomic E-state index is 10.5. The van der Waals surface area contributed by atoms with Crippen molar-refractivity contribution in [3.05, 3.63) is 41.5 Å². The van der Waals surface area contributed by atoms with Gasteiger partial charge in [-0.15, -0.1) is 0 Å². The summed E-state index contributed by atoms with van der Waals surface area (Å²) >= 11 is 0. The number of esters is 1. The molecule has 20 heavy (non-hydrogen) atoms. The van der Waals surface area contributed by atoms with Gasteiger partial charge in [0.25, 0.3) is 0 Å². The summed E-state index contributed by atoms with van der Waals surface area (Å²) in [7, 11) is 0. The van der Waals surface area contributed by atoms with Crippen LogP contribution in [0.2, 0.25) is 0 Å². The van der Waals surface area contributed by atoms with E-state index in [1.54, 1.807) is 6.07 Å². The molecular weight excluding hydrogens is 254 g/mol. The minimum atomic E-state index is -0.493. The van der Waals surface area contributed by atoms with Gasteiger partial charge in [-0.3, -0.25) is 4.79 Å². The molecule has 0 saturated heterocycles. The summed E-state index contributed by atoms with van der Waals surface area (Å²) < 4.78 is 9.50. The number of fused-ring (bicyclic) bond motifs is 1. The van der Waals surface area contributed by atoms with Crippen LogP contribution >= 0.6 is 0 Å². The zero-order valence-corrected chi connectivity index (χ0v) is 11.7. The Bertz CT molecular complexity index is 489. The van der Waals surface area contributed by atoms with E-state index in [0.717, 1.165) is 6.42 Å². The lowest BCUT2D eigenvalue weighted by atomic mass is 10.1. The molecule has 0 spiro atoms. The highest BCUT2D eigenvalue weighted by atomic mass is 16.6. The second kappa shape index (κ2) is 9.76. The summed E-state index contributed by atoms with van der Waals surface area (Å²) in [6.07, 6.45) is 5.31. The Morgan fingerprint density at radius 2 is 2.15 bits per heavy atom. The van der Waals surface area contributed by atoms with Crippen LogP contribution in [-0.2, 0) is 20.7 Å². The van der Waals surface area contributed by atoms with Crippen LogP contribution in [0.4, 0.5) is 0 Å². The van der Waals surface area contributed by atoms with E-state index < -0.39 is 5.97 Å². The van der Waals surface area contributed by atoms with Gasteiger partial charge in [-0.05, 0) is 24.5 Å². The molecule has 0 heterocycles. The Hall–Kier alpha value is -2.12. The standard InChI is InChI=1S/C9H8.C7H11NO3/c1-2-5-9-7-3-6-8(9)4-1;1-2-10-5-6-11-7(9)3-4-8/h1-6H,7H2;2-3,5-6H2,1H3. The highest BCUT2D eigenvalue weighted by molar-refractivity contribution is 5.71. The summed E-state index contributed by atoms with van der Waals surface area (Å²) in [5, 5.41) is 8.06. The molecule has 0 saturated carbocycles. The van der Waals surface area contributed by atoms with Crippen LogP contribution in [-0.4, -0.2) is 25.8 Å². The van der Waals surface area contributed by atoms with Crippen molar-refractivity contribution in [2.24, 2.45) is 0 Å². The third-order valence-electron chi connectivity index (χ3n) is 2.61. The van der Waals surface area contributed by atoms with Gasteiger partial charge in [0.05, 0.1) is 12.7 Å². The van der Waals surface area contributed by atoms with Crippen molar-refractivity contribution >= 4 is 12.0 Å². The third kappa shape index (κ3) is 6.17. The van der Waals surface area contributed by atoms with Gasteiger partial charge in [0.1, 0.15) is 13.0 Å². The van der Waals surface area contributed by atoms with Crippen LogP contribution in [0.5, 0.6) is 0 Å². The molecular formula is C16H19NO3. The molecule has 1 aliphatic carbocycles. The molecule has 2 rings (SSSR count). The molecule has 0 unspecified atom stereocenters. The molecule has 1 aromatic carbocycles. The number of hydrogen-bond donors (Lipinski definition) is 0. The van der Waals surface area contributed by atoms with Crippen molar-refractivity contribution in [1.29, 1.82) is 5.26 Å². The monoisotopic (exact) mass is 273 g/mol. The van der Waals surface area contributed by atoms with E-state index >= 15 is 0 Å². The predicted octanol–water partition coefficient (Wildman–Crippen LogP) is 2.74. The van der Waals surface area contributed by atoms with Crippen molar-refractivity contribution in [1.82, 2.24) is 0 Å². The topological polar surface area (TPSA) is 59.3 Å². The normalized spacial score (nSPS) is 11.0. The number of carbonyl (C=O) groups excluding carboxylic acids is 1. The number of benzene rings is 1. The number of carbonyl (C=O) groups is 1. The Morgan fingerprint density at radius 1 is 1.35 bits per heavy atom. The van der Waals surface area contributed by atoms with Gasteiger partial charge < -0.3 is 9.47 Å². The van der Waals surface area contributed by atoms with E-state index in [2.05, 4.69) is 41.2 Å². The third-order valence-corrected chi connectivity index (χ3v) is 2.61. The maximum absolute atomic E-state index is 10.5. The molecule has 106 valence electrons. The first-order valence-electron chi connectivity index (χ1n) is 6.62. The summed E-state index contributed by atoms with van der Waals surface area (Å²) in [4.78, 5) is 10.5. The Morgan fingerprint density at radius 3 is 2.85 bits per heavy atom. The average Bonchev–Trinajstić information content (AvgIpc) is 2.93. The SMILES string of the molecule is C1=Cc2ccccc2C1.CCOCCOC(=O)CC#N. The number of rotatable bonds is 5. The Labute approximate surface area is 119 Å². The second-order valence-electron chi connectivity index (χ2n) is 4.06. The predicted molar refractivity (Wildman–Crippen MR) is 76.9 cm³/mol. The maximum Gasteiger partial charge on any atom is 0.320 e. The lowest BCUT2D eigenvalue weighted by Crippen LogP contribution is -2.09. The molecule has 0 N–H and O–H groups in total. The summed E-state index contributed by atoms with van der Waals surface area (Å²) in [5.74, 6) is -0.493. The first-order valence-corrected chi connectivity index (χ1v) is 6.62. The van der Waals surface area contributed by atoms with Crippen LogP contribution in [0.25, 0.3) is 6.08 Å². The van der Waals surface area contributed by atoms with Crippen LogP contribution in [0.15, 0.2) is 30.3 Å². The van der Waals surface area contributed by atoms with E-state index in [1.165, 1.54) is 11.1 Å². The second-order valence-corrected chi connectivity index (χ2v) is 4.06. The summed E-state index contributed by atoms with van der Waals surface area (Å²) in [5.41, 5.74) is 2.84. The van der Waals surface area contributed by atoms with Gasteiger partial charge in [-0.25, -0.2) is 0 Å². The highest BCUT2D eigenvalue weighted by Crippen LogP contribution is 2.17. The van der Waals surface area contributed by atoms with Crippen molar-refractivity contribution in [2.45, 2.75) is 19.8 Å². The van der Waals surface area contributed by atoms with E-state index in [0.29, 0.717) is 13.2 Å². The lowest BCUT2D eigenvalue weighted by molar-refractivity contribution is -0.143. The molecule has 0 aliphatic heterocycles. The number of nitriles is 1. The van der Waals surface area contributed by atoms with E-state index in [9.17, 15) is 4.79 Å².